The Balaban J connectivity index is 2.70. The summed E-state index contributed by atoms with van der Waals surface area (Å²) in [5.74, 6) is -0.920. The molecule has 8 heteroatoms. The number of carboxylic acids is 1. The van der Waals surface area contributed by atoms with Crippen LogP contribution < -0.4 is 15.8 Å². The number of amides is 1. The molecule has 0 unspecified atom stereocenters. The van der Waals surface area contributed by atoms with Gasteiger partial charge < -0.3 is 25.6 Å². The fraction of sp³-hybridized carbons (Fsp3) is 0.429. The number of ether oxygens (including phenoxy) is 2. The highest BCUT2D eigenvalue weighted by atomic mass is 79.9. The minimum atomic E-state index is -1.26. The Morgan fingerprint density at radius 2 is 2.05 bits per heavy atom. The van der Waals surface area contributed by atoms with E-state index in [1.807, 2.05) is 0 Å². The second-order valence-electron chi connectivity index (χ2n) is 5.51. The molecule has 1 atom stereocenters. The lowest BCUT2D eigenvalue weighted by atomic mass is 10.2. The zero-order valence-electron chi connectivity index (χ0n) is 12.6. The summed E-state index contributed by atoms with van der Waals surface area (Å²) in [5, 5.41) is 11.4. The lowest BCUT2D eigenvalue weighted by Gasteiger charge is -2.22. The standard InChI is InChI=1S/C14H19BrN2O5/c1-14(2,3)22-13(20)17-10(12(18)19)7-21-11-8(15)5-4-6-9(11)16/h4-6,10H,7,16H2,1-3H3,(H,17,20)(H,18,19)/t10-/m0/s1. The second kappa shape index (κ2) is 7.35. The molecule has 0 saturated heterocycles. The van der Waals surface area contributed by atoms with Crippen LogP contribution in [0.4, 0.5) is 10.5 Å². The number of hydrogen-bond acceptors (Lipinski definition) is 5. The third kappa shape index (κ3) is 5.80. The van der Waals surface area contributed by atoms with Gasteiger partial charge in [0.15, 0.2) is 11.8 Å². The van der Waals surface area contributed by atoms with Crippen molar-refractivity contribution in [1.82, 2.24) is 5.32 Å². The lowest BCUT2D eigenvalue weighted by Crippen LogP contribution is -2.46. The van der Waals surface area contributed by atoms with E-state index in [2.05, 4.69) is 21.2 Å². The predicted molar refractivity (Wildman–Crippen MR) is 84.8 cm³/mol. The number of halogens is 1. The molecule has 0 saturated carbocycles. The topological polar surface area (TPSA) is 111 Å². The Hall–Kier alpha value is -1.96. The van der Waals surface area contributed by atoms with E-state index in [-0.39, 0.29) is 6.61 Å². The van der Waals surface area contributed by atoms with E-state index in [0.717, 1.165) is 0 Å². The number of carbonyl (C=O) groups is 2. The number of nitrogen functional groups attached to an aromatic ring is 1. The minimum absolute atomic E-state index is 0.290. The van der Waals surface area contributed by atoms with Crippen LogP contribution in [0.5, 0.6) is 5.75 Å². The van der Waals surface area contributed by atoms with Crippen LogP contribution in [0.3, 0.4) is 0 Å². The monoisotopic (exact) mass is 374 g/mol. The van der Waals surface area contributed by atoms with Crippen LogP contribution in [0.15, 0.2) is 22.7 Å². The Bertz CT molecular complexity index is 536. The number of nitrogens with two attached hydrogens (primary N) is 1. The van der Waals surface area contributed by atoms with Gasteiger partial charge in [0.05, 0.1) is 10.2 Å². The van der Waals surface area contributed by atoms with Crippen LogP contribution in [0.2, 0.25) is 0 Å². The number of carbonyl (C=O) groups excluding carboxylic acids is 1. The summed E-state index contributed by atoms with van der Waals surface area (Å²) in [6.07, 6.45) is -0.830. The molecule has 0 spiro atoms. The molecule has 122 valence electrons. The maximum Gasteiger partial charge on any atom is 0.408 e. The van der Waals surface area contributed by atoms with Crippen LogP contribution in [0, 0.1) is 0 Å². The zero-order chi connectivity index (χ0) is 16.9. The summed E-state index contributed by atoms with van der Waals surface area (Å²) < 4.78 is 11.0. The van der Waals surface area contributed by atoms with Gasteiger partial charge in [0.25, 0.3) is 0 Å². The first-order valence-corrected chi connectivity index (χ1v) is 7.28. The summed E-state index contributed by atoms with van der Waals surface area (Å²) in [6.45, 7) is 4.75. The molecule has 0 heterocycles. The number of anilines is 1. The van der Waals surface area contributed by atoms with Gasteiger partial charge in [0, 0.05) is 0 Å². The van der Waals surface area contributed by atoms with E-state index in [1.165, 1.54) is 0 Å². The predicted octanol–water partition coefficient (Wildman–Crippen LogP) is 2.39. The molecule has 7 nitrogen and oxygen atoms in total. The van der Waals surface area contributed by atoms with E-state index in [4.69, 9.17) is 20.3 Å². The number of benzene rings is 1. The average molecular weight is 375 g/mol. The van der Waals surface area contributed by atoms with Crippen molar-refractivity contribution in [2.75, 3.05) is 12.3 Å². The van der Waals surface area contributed by atoms with Crippen molar-refractivity contribution >= 4 is 33.7 Å². The molecule has 0 aliphatic carbocycles. The van der Waals surface area contributed by atoms with Crippen LogP contribution in [-0.4, -0.2) is 35.4 Å². The number of alkyl carbamates (subject to hydrolysis) is 1. The van der Waals surface area contributed by atoms with Gasteiger partial charge in [-0.25, -0.2) is 9.59 Å². The van der Waals surface area contributed by atoms with Crippen molar-refractivity contribution in [2.24, 2.45) is 0 Å². The molecule has 0 radical (unpaired) electrons. The average Bonchev–Trinajstić information content (AvgIpc) is 2.34. The van der Waals surface area contributed by atoms with Crippen molar-refractivity contribution < 1.29 is 24.2 Å². The molecule has 4 N–H and O–H groups in total. The molecule has 0 aromatic heterocycles. The number of rotatable bonds is 5. The molecular formula is C14H19BrN2O5. The first-order chi connectivity index (χ1) is 10.1. The van der Waals surface area contributed by atoms with Gasteiger partial charge in [0.2, 0.25) is 0 Å². The maximum atomic E-state index is 11.6. The summed E-state index contributed by atoms with van der Waals surface area (Å²) in [4.78, 5) is 22.8. The van der Waals surface area contributed by atoms with Gasteiger partial charge in [-0.05, 0) is 48.8 Å². The Morgan fingerprint density at radius 3 is 2.55 bits per heavy atom. The van der Waals surface area contributed by atoms with Gasteiger partial charge >= 0.3 is 12.1 Å². The second-order valence-corrected chi connectivity index (χ2v) is 6.36. The molecule has 0 bridgehead atoms. The van der Waals surface area contributed by atoms with Crippen molar-refractivity contribution in [1.29, 1.82) is 0 Å². The summed E-state index contributed by atoms with van der Waals surface area (Å²) in [5.41, 5.74) is 5.39. The molecule has 1 aromatic rings. The number of hydrogen-bond donors (Lipinski definition) is 3. The van der Waals surface area contributed by atoms with Crippen molar-refractivity contribution in [3.8, 4) is 5.75 Å². The lowest BCUT2D eigenvalue weighted by molar-refractivity contribution is -0.140. The SMILES string of the molecule is CC(C)(C)OC(=O)N[C@@H](COc1c(N)cccc1Br)C(=O)O. The van der Waals surface area contributed by atoms with E-state index < -0.39 is 23.7 Å². The number of nitrogens with one attached hydrogen (secondary N) is 1. The Morgan fingerprint density at radius 1 is 1.41 bits per heavy atom. The minimum Gasteiger partial charge on any atom is -0.487 e. The molecule has 1 aromatic carbocycles. The molecule has 0 aliphatic rings. The highest BCUT2D eigenvalue weighted by Crippen LogP contribution is 2.30. The molecule has 1 rings (SSSR count). The van der Waals surface area contributed by atoms with Gasteiger partial charge in [0.1, 0.15) is 12.2 Å². The van der Waals surface area contributed by atoms with E-state index in [1.54, 1.807) is 39.0 Å². The largest absolute Gasteiger partial charge is 0.487 e. The first kappa shape index (κ1) is 18.1. The van der Waals surface area contributed by atoms with Crippen LogP contribution in [-0.2, 0) is 9.53 Å². The number of para-hydroxylation sites is 1. The van der Waals surface area contributed by atoms with Crippen molar-refractivity contribution in [2.45, 2.75) is 32.4 Å². The highest BCUT2D eigenvalue weighted by Gasteiger charge is 2.25. The fourth-order valence-corrected chi connectivity index (χ4v) is 1.96. The van der Waals surface area contributed by atoms with Crippen LogP contribution >= 0.6 is 15.9 Å². The summed E-state index contributed by atoms with van der Waals surface area (Å²) >= 11 is 3.26. The van der Waals surface area contributed by atoms with E-state index in [9.17, 15) is 9.59 Å². The molecular weight excluding hydrogens is 356 g/mol. The van der Waals surface area contributed by atoms with Gasteiger partial charge in [-0.3, -0.25) is 0 Å². The Kier molecular flexibility index (Phi) is 6.04. The van der Waals surface area contributed by atoms with Gasteiger partial charge in [-0.2, -0.15) is 0 Å². The van der Waals surface area contributed by atoms with Gasteiger partial charge in [-0.15, -0.1) is 0 Å². The zero-order valence-corrected chi connectivity index (χ0v) is 14.1. The molecule has 0 aliphatic heterocycles. The maximum absolute atomic E-state index is 11.6. The van der Waals surface area contributed by atoms with E-state index in [0.29, 0.717) is 15.9 Å². The number of aliphatic carboxylic acids is 1. The Labute approximate surface area is 136 Å². The summed E-state index contributed by atoms with van der Waals surface area (Å²) in [6, 6.07) is 3.79. The first-order valence-electron chi connectivity index (χ1n) is 6.49. The normalized spacial score (nSPS) is 12.4. The third-order valence-electron chi connectivity index (χ3n) is 2.38. The highest BCUT2D eigenvalue weighted by molar-refractivity contribution is 9.10. The summed E-state index contributed by atoms with van der Waals surface area (Å²) in [7, 11) is 0. The molecule has 22 heavy (non-hydrogen) atoms. The van der Waals surface area contributed by atoms with Crippen LogP contribution in [0.25, 0.3) is 0 Å². The van der Waals surface area contributed by atoms with Gasteiger partial charge in [-0.1, -0.05) is 6.07 Å². The van der Waals surface area contributed by atoms with Crippen LogP contribution in [0.1, 0.15) is 20.8 Å². The smallest absolute Gasteiger partial charge is 0.408 e. The third-order valence-corrected chi connectivity index (χ3v) is 3.01. The van der Waals surface area contributed by atoms with Crippen molar-refractivity contribution in [3.63, 3.8) is 0 Å². The number of carboxylic acid groups (broad SMARTS) is 1. The van der Waals surface area contributed by atoms with Crippen molar-refractivity contribution in [3.05, 3.63) is 22.7 Å². The fourth-order valence-electron chi connectivity index (χ4n) is 1.47. The molecule has 1 amide bonds. The van der Waals surface area contributed by atoms with E-state index >= 15 is 0 Å². The molecule has 0 fully saturated rings. The quantitative estimate of drug-likeness (QED) is 0.682.